The molecule has 21 heavy (non-hydrogen) atoms. The lowest BCUT2D eigenvalue weighted by Gasteiger charge is -2.27. The first-order valence-corrected chi connectivity index (χ1v) is 8.42. The normalized spacial score (nSPS) is 19.9. The largest absolute Gasteiger partial charge is 0.364 e. The molecule has 1 aliphatic heterocycles. The van der Waals surface area contributed by atoms with Crippen LogP contribution in [0.4, 0.5) is 0 Å². The number of hydrogen-bond donors (Lipinski definition) is 2. The van der Waals surface area contributed by atoms with Crippen LogP contribution in [0.1, 0.15) is 29.8 Å². The van der Waals surface area contributed by atoms with Crippen molar-refractivity contribution >= 4 is 15.9 Å². The predicted octanol–water partition coefficient (Wildman–Crippen LogP) is -0.113. The Labute approximate surface area is 125 Å². The van der Waals surface area contributed by atoms with E-state index in [4.69, 9.17) is 5.73 Å². The minimum Gasteiger partial charge on any atom is -0.364 e. The van der Waals surface area contributed by atoms with Gasteiger partial charge < -0.3 is 15.6 Å². The topological polar surface area (TPSA) is 97.4 Å². The second-order valence-electron chi connectivity index (χ2n) is 5.47. The minimum absolute atomic E-state index is 0.0945. The third-order valence-electron chi connectivity index (χ3n) is 3.83. The highest BCUT2D eigenvalue weighted by atomic mass is 32.2. The Bertz CT molecular complexity index is 617. The zero-order valence-corrected chi connectivity index (χ0v) is 13.2. The third kappa shape index (κ3) is 3.45. The molecule has 2 rings (SSSR count). The number of aromatic nitrogens is 1. The highest BCUT2D eigenvalue weighted by molar-refractivity contribution is 7.89. The van der Waals surface area contributed by atoms with Crippen molar-refractivity contribution < 1.29 is 13.2 Å². The Morgan fingerprint density at radius 2 is 2.24 bits per heavy atom. The molecule has 3 N–H and O–H groups in total. The van der Waals surface area contributed by atoms with Crippen molar-refractivity contribution in [1.29, 1.82) is 0 Å². The van der Waals surface area contributed by atoms with Crippen molar-refractivity contribution in [2.75, 3.05) is 20.1 Å². The average molecular weight is 314 g/mol. The molecule has 118 valence electrons. The van der Waals surface area contributed by atoms with Crippen LogP contribution < -0.4 is 11.1 Å². The standard InChI is InChI=1S/C13H22N4O3S/c1-16-9-11(7-12(16)13(14)18)21(19,20)17(2)8-10-5-3-4-6-15-10/h7,9-10,15H,3-6,8H2,1-2H3,(H2,14,18). The van der Waals surface area contributed by atoms with Crippen LogP contribution >= 0.6 is 0 Å². The quantitative estimate of drug-likeness (QED) is 0.792. The molecule has 0 spiro atoms. The number of primary amides is 1. The van der Waals surface area contributed by atoms with Gasteiger partial charge in [-0.15, -0.1) is 0 Å². The summed E-state index contributed by atoms with van der Waals surface area (Å²) < 4.78 is 27.8. The van der Waals surface area contributed by atoms with Gasteiger partial charge >= 0.3 is 0 Å². The maximum atomic E-state index is 12.5. The molecule has 0 aromatic carbocycles. The molecule has 8 heteroatoms. The maximum Gasteiger partial charge on any atom is 0.265 e. The molecule has 1 aromatic heterocycles. The first-order chi connectivity index (χ1) is 9.82. The second kappa shape index (κ2) is 6.17. The van der Waals surface area contributed by atoms with Crippen LogP contribution in [0.25, 0.3) is 0 Å². The van der Waals surface area contributed by atoms with Gasteiger partial charge in [-0.1, -0.05) is 6.42 Å². The summed E-state index contributed by atoms with van der Waals surface area (Å²) in [6.07, 6.45) is 4.64. The van der Waals surface area contributed by atoms with Crippen LogP contribution in [0.3, 0.4) is 0 Å². The van der Waals surface area contributed by atoms with E-state index in [0.29, 0.717) is 6.54 Å². The minimum atomic E-state index is -3.61. The summed E-state index contributed by atoms with van der Waals surface area (Å²) in [7, 11) is -0.452. The Balaban J connectivity index is 2.16. The number of rotatable bonds is 5. The molecule has 2 heterocycles. The predicted molar refractivity (Wildman–Crippen MR) is 79.4 cm³/mol. The number of piperidine rings is 1. The van der Waals surface area contributed by atoms with Gasteiger partial charge in [0.1, 0.15) is 10.6 Å². The van der Waals surface area contributed by atoms with E-state index in [1.54, 1.807) is 14.1 Å². The van der Waals surface area contributed by atoms with Crippen LogP contribution in [0, 0.1) is 0 Å². The molecule has 0 saturated carbocycles. The summed E-state index contributed by atoms with van der Waals surface area (Å²) in [6.45, 7) is 1.35. The van der Waals surface area contributed by atoms with Gasteiger partial charge in [-0.2, -0.15) is 4.31 Å². The Morgan fingerprint density at radius 3 is 2.76 bits per heavy atom. The van der Waals surface area contributed by atoms with Gasteiger partial charge in [0.2, 0.25) is 10.0 Å². The summed E-state index contributed by atoms with van der Waals surface area (Å²) >= 11 is 0. The molecule has 1 atom stereocenters. The molecule has 1 aliphatic rings. The van der Waals surface area contributed by atoms with E-state index in [1.807, 2.05) is 0 Å². The summed E-state index contributed by atoms with van der Waals surface area (Å²) in [5.74, 6) is -0.643. The summed E-state index contributed by atoms with van der Waals surface area (Å²) in [6, 6.07) is 1.50. The average Bonchev–Trinajstić information content (AvgIpc) is 2.82. The number of nitrogens with zero attached hydrogens (tertiary/aromatic N) is 2. The van der Waals surface area contributed by atoms with Gasteiger partial charge in [0.05, 0.1) is 0 Å². The van der Waals surface area contributed by atoms with E-state index in [0.717, 1.165) is 25.8 Å². The fraction of sp³-hybridized carbons (Fsp3) is 0.615. The Kier molecular flexibility index (Phi) is 4.70. The van der Waals surface area contributed by atoms with E-state index in [1.165, 1.54) is 21.1 Å². The van der Waals surface area contributed by atoms with Gasteiger partial charge in [0, 0.05) is 32.9 Å². The SMILES string of the molecule is CN(CC1CCCCN1)S(=O)(=O)c1cc(C(N)=O)n(C)c1. The number of likely N-dealkylation sites (N-methyl/N-ethyl adjacent to an activating group) is 1. The molecule has 1 fully saturated rings. The van der Waals surface area contributed by atoms with Crippen molar-refractivity contribution in [3.63, 3.8) is 0 Å². The highest BCUT2D eigenvalue weighted by Gasteiger charge is 2.26. The number of aryl methyl sites for hydroxylation is 1. The van der Waals surface area contributed by atoms with Gasteiger partial charge in [0.25, 0.3) is 5.91 Å². The molecule has 7 nitrogen and oxygen atoms in total. The van der Waals surface area contributed by atoms with Crippen molar-refractivity contribution in [2.24, 2.45) is 12.8 Å². The Hall–Kier alpha value is -1.38. The fourth-order valence-electron chi connectivity index (χ4n) is 2.59. The number of amides is 1. The highest BCUT2D eigenvalue weighted by Crippen LogP contribution is 2.18. The number of carbonyl (C=O) groups is 1. The lowest BCUT2D eigenvalue weighted by Crippen LogP contribution is -2.44. The van der Waals surface area contributed by atoms with E-state index in [2.05, 4.69) is 5.32 Å². The first-order valence-electron chi connectivity index (χ1n) is 6.98. The number of nitrogens with one attached hydrogen (secondary N) is 1. The van der Waals surface area contributed by atoms with Gasteiger partial charge in [-0.05, 0) is 25.5 Å². The molecule has 0 radical (unpaired) electrons. The number of carbonyl (C=O) groups excluding carboxylic acids is 1. The van der Waals surface area contributed by atoms with Gasteiger partial charge in [-0.25, -0.2) is 8.42 Å². The molecule has 1 saturated heterocycles. The van der Waals surface area contributed by atoms with Gasteiger partial charge in [-0.3, -0.25) is 4.79 Å². The lowest BCUT2D eigenvalue weighted by molar-refractivity contribution is 0.0992. The van der Waals surface area contributed by atoms with Crippen molar-refractivity contribution in [2.45, 2.75) is 30.2 Å². The smallest absolute Gasteiger partial charge is 0.265 e. The second-order valence-corrected chi connectivity index (χ2v) is 7.51. The maximum absolute atomic E-state index is 12.5. The van der Waals surface area contributed by atoms with Crippen LogP contribution in [0.15, 0.2) is 17.2 Å². The zero-order valence-electron chi connectivity index (χ0n) is 12.4. The summed E-state index contributed by atoms with van der Waals surface area (Å²) in [4.78, 5) is 11.3. The van der Waals surface area contributed by atoms with Crippen LogP contribution in [-0.2, 0) is 17.1 Å². The van der Waals surface area contributed by atoms with Crippen LogP contribution in [-0.4, -0.2) is 49.4 Å². The molecule has 1 unspecified atom stereocenters. The number of sulfonamides is 1. The molecule has 0 aliphatic carbocycles. The third-order valence-corrected chi connectivity index (χ3v) is 5.62. The van der Waals surface area contributed by atoms with E-state index < -0.39 is 15.9 Å². The molecule has 1 amide bonds. The van der Waals surface area contributed by atoms with Gasteiger partial charge in [0.15, 0.2) is 0 Å². The van der Waals surface area contributed by atoms with E-state index in [-0.39, 0.29) is 16.6 Å². The zero-order chi connectivity index (χ0) is 15.6. The monoisotopic (exact) mass is 314 g/mol. The van der Waals surface area contributed by atoms with Crippen molar-refractivity contribution in [1.82, 2.24) is 14.2 Å². The fourth-order valence-corrected chi connectivity index (χ4v) is 3.88. The van der Waals surface area contributed by atoms with Crippen molar-refractivity contribution in [3.05, 3.63) is 18.0 Å². The molecule has 0 bridgehead atoms. The number of nitrogens with two attached hydrogens (primary N) is 1. The van der Waals surface area contributed by atoms with E-state index in [9.17, 15) is 13.2 Å². The Morgan fingerprint density at radius 1 is 1.52 bits per heavy atom. The number of hydrogen-bond acceptors (Lipinski definition) is 4. The first kappa shape index (κ1) is 16.0. The van der Waals surface area contributed by atoms with Crippen LogP contribution in [0.2, 0.25) is 0 Å². The molecular formula is C13H22N4O3S. The summed E-state index contributed by atoms with van der Waals surface area (Å²) in [5, 5.41) is 3.32. The van der Waals surface area contributed by atoms with E-state index >= 15 is 0 Å². The lowest BCUT2D eigenvalue weighted by atomic mass is 10.1. The summed E-state index contributed by atoms with van der Waals surface area (Å²) in [5.41, 5.74) is 5.40. The van der Waals surface area contributed by atoms with Crippen LogP contribution in [0.5, 0.6) is 0 Å². The molecular weight excluding hydrogens is 292 g/mol. The van der Waals surface area contributed by atoms with Crippen molar-refractivity contribution in [3.8, 4) is 0 Å². The molecule has 1 aromatic rings.